The van der Waals surface area contributed by atoms with Crippen molar-refractivity contribution in [2.45, 2.75) is 33.3 Å². The van der Waals surface area contributed by atoms with Gasteiger partial charge >= 0.3 is 12.1 Å². The highest BCUT2D eigenvalue weighted by Gasteiger charge is 2.36. The van der Waals surface area contributed by atoms with Crippen LogP contribution < -0.4 is 5.32 Å². The number of thiol groups is 1. The number of benzene rings is 2. The Labute approximate surface area is 206 Å². The predicted molar refractivity (Wildman–Crippen MR) is 133 cm³/mol. The maximum atomic E-state index is 12.7. The summed E-state index contributed by atoms with van der Waals surface area (Å²) in [6.07, 6.45) is -1.17. The summed E-state index contributed by atoms with van der Waals surface area (Å²) in [5.41, 5.74) is 0.757. The molecule has 0 aliphatic rings. The number of esters is 1. The van der Waals surface area contributed by atoms with E-state index < -0.39 is 23.6 Å². The van der Waals surface area contributed by atoms with Gasteiger partial charge in [0.05, 0.1) is 12.4 Å². The minimum absolute atomic E-state index is 0.00513. The third-order valence-electron chi connectivity index (χ3n) is 4.88. The number of phenolic OH excluding ortho intramolecular Hbond substituents is 1. The average Bonchev–Trinajstić information content (AvgIpc) is 2.74. The van der Waals surface area contributed by atoms with Crippen molar-refractivity contribution in [3.8, 4) is 5.75 Å². The van der Waals surface area contributed by atoms with Crippen molar-refractivity contribution >= 4 is 58.8 Å². The molecule has 0 saturated heterocycles. The molecule has 2 aromatic carbocycles. The second-order valence-corrected chi connectivity index (χ2v) is 9.43. The van der Waals surface area contributed by atoms with Gasteiger partial charge in [-0.15, -0.1) is 0 Å². The molecule has 0 aromatic heterocycles. The van der Waals surface area contributed by atoms with E-state index in [1.165, 1.54) is 6.92 Å². The number of carbonyl (C=O) groups excluding carboxylic acids is 3. The fourth-order valence-electron chi connectivity index (χ4n) is 3.03. The molecule has 0 heterocycles. The van der Waals surface area contributed by atoms with E-state index >= 15 is 0 Å². The predicted octanol–water partition coefficient (Wildman–Crippen LogP) is 5.38. The fraction of sp³-hybridized carbons (Fsp3) is 0.348. The van der Waals surface area contributed by atoms with Gasteiger partial charge in [-0.05, 0) is 78.4 Å². The van der Waals surface area contributed by atoms with Gasteiger partial charge in [0.15, 0.2) is 5.78 Å². The number of phenols is 1. The fourth-order valence-corrected chi connectivity index (χ4v) is 3.63. The minimum Gasteiger partial charge on any atom is -0.508 e. The molecule has 7 nitrogen and oxygen atoms in total. The summed E-state index contributed by atoms with van der Waals surface area (Å²) >= 11 is 6.00. The third-order valence-corrected chi connectivity index (χ3v) is 5.81. The van der Waals surface area contributed by atoms with E-state index in [9.17, 15) is 19.5 Å². The molecule has 172 valence electrons. The topological polar surface area (TPSA) is 102 Å². The molecule has 1 amide bonds. The van der Waals surface area contributed by atoms with Crippen molar-refractivity contribution in [1.82, 2.24) is 0 Å². The first-order valence-corrected chi connectivity index (χ1v) is 11.6. The summed E-state index contributed by atoms with van der Waals surface area (Å²) in [7, 11) is 0. The molecule has 0 saturated carbocycles. The van der Waals surface area contributed by atoms with Gasteiger partial charge in [-0.1, -0.05) is 13.8 Å². The number of anilines is 1. The summed E-state index contributed by atoms with van der Waals surface area (Å²) < 4.78 is 11.8. The Bertz CT molecular complexity index is 977. The van der Waals surface area contributed by atoms with E-state index in [0.717, 1.165) is 3.57 Å². The lowest BCUT2D eigenvalue weighted by atomic mass is 9.79. The van der Waals surface area contributed by atoms with Crippen LogP contribution in [-0.4, -0.2) is 35.3 Å². The van der Waals surface area contributed by atoms with E-state index in [4.69, 9.17) is 9.47 Å². The molecule has 2 rings (SSSR count). The van der Waals surface area contributed by atoms with Gasteiger partial charge in [-0.3, -0.25) is 14.9 Å². The largest absolute Gasteiger partial charge is 0.508 e. The lowest BCUT2D eigenvalue weighted by Crippen LogP contribution is -2.30. The molecule has 0 spiro atoms. The normalized spacial score (nSPS) is 12.0. The maximum Gasteiger partial charge on any atom is 0.412 e. The van der Waals surface area contributed by atoms with Crippen LogP contribution in [-0.2, 0) is 14.3 Å². The summed E-state index contributed by atoms with van der Waals surface area (Å²) in [5, 5.41) is 13.1. The van der Waals surface area contributed by atoms with E-state index in [0.29, 0.717) is 23.2 Å². The zero-order chi connectivity index (χ0) is 23.9. The first-order chi connectivity index (χ1) is 15.0. The summed E-state index contributed by atoms with van der Waals surface area (Å²) in [6.45, 7) is 5.30. The number of halogens is 1. The lowest BCUT2D eigenvalue weighted by Gasteiger charge is -2.34. The van der Waals surface area contributed by atoms with Crippen molar-refractivity contribution in [1.29, 1.82) is 0 Å². The van der Waals surface area contributed by atoms with E-state index in [1.54, 1.807) is 42.5 Å². The SMILES string of the molecule is CC(=O)c1ccc(NC(=O)O[C@@H](c2cc(I)ccc2O)C(C)(C)CCOC(=O)CS)cc1. The molecule has 9 heteroatoms. The smallest absolute Gasteiger partial charge is 0.412 e. The summed E-state index contributed by atoms with van der Waals surface area (Å²) in [6, 6.07) is 11.5. The Morgan fingerprint density at radius 3 is 2.41 bits per heavy atom. The number of Topliss-reactive ketones (excluding diaryl/α,β-unsaturated/α-hetero) is 1. The molecule has 0 bridgehead atoms. The van der Waals surface area contributed by atoms with Crippen LogP contribution >= 0.6 is 35.2 Å². The molecule has 2 aromatic rings. The summed E-state index contributed by atoms with van der Waals surface area (Å²) in [5.74, 6) is -0.545. The van der Waals surface area contributed by atoms with Crippen LogP contribution in [0.4, 0.5) is 10.5 Å². The van der Waals surface area contributed by atoms with Crippen molar-refractivity contribution in [3.63, 3.8) is 0 Å². The maximum absolute atomic E-state index is 12.7. The lowest BCUT2D eigenvalue weighted by molar-refractivity contribution is -0.141. The van der Waals surface area contributed by atoms with Crippen molar-refractivity contribution in [2.24, 2.45) is 5.41 Å². The highest BCUT2D eigenvalue weighted by molar-refractivity contribution is 14.1. The van der Waals surface area contributed by atoms with Crippen molar-refractivity contribution in [3.05, 3.63) is 57.2 Å². The Morgan fingerprint density at radius 2 is 1.81 bits per heavy atom. The van der Waals surface area contributed by atoms with E-state index in [1.807, 2.05) is 13.8 Å². The standard InChI is InChI=1S/C23H26INO6S/c1-14(26)15-4-7-17(8-5-15)25-22(29)31-21(18-12-16(24)6-9-19(18)27)23(2,3)10-11-30-20(28)13-32/h4-9,12,21,27,32H,10-11,13H2,1-3H3,(H,25,29)/t21-/m0/s1. The highest BCUT2D eigenvalue weighted by Crippen LogP contribution is 2.43. The van der Waals surface area contributed by atoms with Gasteiger partial charge in [0.2, 0.25) is 0 Å². The monoisotopic (exact) mass is 571 g/mol. The van der Waals surface area contributed by atoms with Crippen LogP contribution in [0.15, 0.2) is 42.5 Å². The molecule has 0 fully saturated rings. The number of hydrogen-bond donors (Lipinski definition) is 3. The number of nitrogens with one attached hydrogen (secondary N) is 1. The Morgan fingerprint density at radius 1 is 1.16 bits per heavy atom. The van der Waals surface area contributed by atoms with Crippen LogP contribution in [0.5, 0.6) is 5.75 Å². The number of ether oxygens (including phenoxy) is 2. The Kier molecular flexibility index (Phi) is 9.38. The molecule has 0 aliphatic carbocycles. The van der Waals surface area contributed by atoms with Gasteiger partial charge < -0.3 is 14.6 Å². The van der Waals surface area contributed by atoms with Crippen molar-refractivity contribution < 1.29 is 29.0 Å². The number of hydrogen-bond acceptors (Lipinski definition) is 7. The first kappa shape index (κ1) is 26.0. The van der Waals surface area contributed by atoms with Crippen LogP contribution in [0.2, 0.25) is 0 Å². The second kappa shape index (κ2) is 11.6. The second-order valence-electron chi connectivity index (χ2n) is 7.86. The number of carbonyl (C=O) groups is 3. The van der Waals surface area contributed by atoms with Crippen LogP contribution in [0.25, 0.3) is 0 Å². The van der Waals surface area contributed by atoms with Gasteiger partial charge in [-0.2, -0.15) is 12.6 Å². The van der Waals surface area contributed by atoms with E-state index in [2.05, 4.69) is 40.5 Å². The number of amides is 1. The zero-order valence-corrected chi connectivity index (χ0v) is 21.1. The molecule has 0 radical (unpaired) electrons. The zero-order valence-electron chi connectivity index (χ0n) is 18.1. The van der Waals surface area contributed by atoms with Gasteiger partial charge in [0.1, 0.15) is 11.9 Å². The molecular weight excluding hydrogens is 545 g/mol. The summed E-state index contributed by atoms with van der Waals surface area (Å²) in [4.78, 5) is 35.6. The first-order valence-electron chi connectivity index (χ1n) is 9.87. The number of aromatic hydroxyl groups is 1. The number of ketones is 1. The molecule has 0 aliphatic heterocycles. The Balaban J connectivity index is 2.23. The molecule has 32 heavy (non-hydrogen) atoms. The van der Waals surface area contributed by atoms with Crippen LogP contribution in [0.1, 0.15) is 49.2 Å². The molecular formula is C23H26INO6S. The Hall–Kier alpha value is -2.27. The third kappa shape index (κ3) is 7.40. The van der Waals surface area contributed by atoms with Gasteiger partial charge in [0, 0.05) is 25.8 Å². The highest BCUT2D eigenvalue weighted by atomic mass is 127. The average molecular weight is 571 g/mol. The van der Waals surface area contributed by atoms with Crippen LogP contribution in [0.3, 0.4) is 0 Å². The van der Waals surface area contributed by atoms with Crippen molar-refractivity contribution in [2.75, 3.05) is 17.7 Å². The number of rotatable bonds is 9. The minimum atomic E-state index is -0.830. The quantitative estimate of drug-likeness (QED) is 0.162. The van der Waals surface area contributed by atoms with Crippen LogP contribution in [0, 0.1) is 8.99 Å². The van der Waals surface area contributed by atoms with Gasteiger partial charge in [-0.25, -0.2) is 4.79 Å². The van der Waals surface area contributed by atoms with E-state index in [-0.39, 0.29) is 23.9 Å². The molecule has 0 unspecified atom stereocenters. The molecule has 2 N–H and O–H groups in total. The van der Waals surface area contributed by atoms with Gasteiger partial charge in [0.25, 0.3) is 0 Å². The molecule has 1 atom stereocenters.